The molecule has 2 aliphatic rings. The molecule has 1 nitrogen and oxygen atoms in total. The number of nitrogens with one attached hydrogen (secondary N) is 1. The fourth-order valence-electron chi connectivity index (χ4n) is 4.33. The molecule has 17 heavy (non-hydrogen) atoms. The lowest BCUT2D eigenvalue weighted by atomic mass is 9.68. The highest BCUT2D eigenvalue weighted by Gasteiger charge is 2.33. The smallest absolute Gasteiger partial charge is 0.00978 e. The van der Waals surface area contributed by atoms with Crippen LogP contribution < -0.4 is 5.32 Å². The first-order valence-corrected chi connectivity index (χ1v) is 8.08. The molecule has 2 fully saturated rings. The van der Waals surface area contributed by atoms with Gasteiger partial charge in [0, 0.05) is 6.04 Å². The van der Waals surface area contributed by atoms with Gasteiger partial charge in [-0.25, -0.2) is 0 Å². The minimum Gasteiger partial charge on any atom is -0.314 e. The van der Waals surface area contributed by atoms with Crippen molar-refractivity contribution in [2.75, 3.05) is 6.54 Å². The molecule has 4 atom stereocenters. The average molecular weight is 237 g/mol. The van der Waals surface area contributed by atoms with Crippen molar-refractivity contribution >= 4 is 0 Å². The largest absolute Gasteiger partial charge is 0.314 e. The van der Waals surface area contributed by atoms with Gasteiger partial charge in [0.2, 0.25) is 0 Å². The molecule has 0 aromatic heterocycles. The van der Waals surface area contributed by atoms with Crippen LogP contribution in [0.4, 0.5) is 0 Å². The summed E-state index contributed by atoms with van der Waals surface area (Å²) in [4.78, 5) is 0. The molecule has 0 saturated heterocycles. The van der Waals surface area contributed by atoms with Crippen LogP contribution in [0.15, 0.2) is 0 Å². The normalized spacial score (nSPS) is 39.2. The first-order chi connectivity index (χ1) is 8.35. The highest BCUT2D eigenvalue weighted by atomic mass is 14.9. The molecule has 1 N–H and O–H groups in total. The van der Waals surface area contributed by atoms with Crippen molar-refractivity contribution in [3.8, 4) is 0 Å². The maximum absolute atomic E-state index is 3.76. The topological polar surface area (TPSA) is 12.0 Å². The minimum atomic E-state index is 0.842. The molecule has 0 spiro atoms. The van der Waals surface area contributed by atoms with Gasteiger partial charge in [-0.05, 0) is 43.6 Å². The van der Waals surface area contributed by atoms with Crippen molar-refractivity contribution in [3.05, 3.63) is 0 Å². The fourth-order valence-corrected chi connectivity index (χ4v) is 4.33. The van der Waals surface area contributed by atoms with Gasteiger partial charge in [0.25, 0.3) is 0 Å². The molecule has 2 saturated carbocycles. The predicted octanol–water partition coefficient (Wildman–Crippen LogP) is 4.37. The zero-order chi connectivity index (χ0) is 12.1. The minimum absolute atomic E-state index is 0.842. The molecule has 100 valence electrons. The quantitative estimate of drug-likeness (QED) is 0.765. The van der Waals surface area contributed by atoms with Crippen molar-refractivity contribution in [2.45, 2.75) is 77.7 Å². The molecule has 1 heteroatoms. The van der Waals surface area contributed by atoms with E-state index >= 15 is 0 Å². The number of hydrogen-bond acceptors (Lipinski definition) is 1. The lowest BCUT2D eigenvalue weighted by Gasteiger charge is -2.41. The second-order valence-electron chi connectivity index (χ2n) is 6.31. The summed E-state index contributed by atoms with van der Waals surface area (Å²) in [6.07, 6.45) is 13.3. The van der Waals surface area contributed by atoms with Gasteiger partial charge in [0.05, 0.1) is 0 Å². The molecule has 2 aliphatic carbocycles. The molecule has 4 unspecified atom stereocenters. The summed E-state index contributed by atoms with van der Waals surface area (Å²) in [6, 6.07) is 0.842. The van der Waals surface area contributed by atoms with E-state index in [1.807, 2.05) is 0 Å². The third-order valence-electron chi connectivity index (χ3n) is 5.29. The van der Waals surface area contributed by atoms with Crippen molar-refractivity contribution < 1.29 is 0 Å². The zero-order valence-electron chi connectivity index (χ0n) is 11.9. The van der Waals surface area contributed by atoms with Crippen molar-refractivity contribution in [1.29, 1.82) is 0 Å². The van der Waals surface area contributed by atoms with Crippen LogP contribution in [-0.2, 0) is 0 Å². The van der Waals surface area contributed by atoms with Crippen LogP contribution in [0.25, 0.3) is 0 Å². The first kappa shape index (κ1) is 13.4. The summed E-state index contributed by atoms with van der Waals surface area (Å²) in [5.41, 5.74) is 0. The second kappa shape index (κ2) is 6.78. The van der Waals surface area contributed by atoms with Gasteiger partial charge < -0.3 is 5.32 Å². The van der Waals surface area contributed by atoms with E-state index in [0.29, 0.717) is 0 Å². The monoisotopic (exact) mass is 237 g/mol. The SMILES string of the molecule is CCNC1CCCCC1C1CCCC(CC)C1. The Morgan fingerprint density at radius 1 is 0.941 bits per heavy atom. The molecule has 0 bridgehead atoms. The molecule has 0 aromatic carbocycles. The Morgan fingerprint density at radius 3 is 2.53 bits per heavy atom. The van der Waals surface area contributed by atoms with Crippen LogP contribution in [0, 0.1) is 17.8 Å². The van der Waals surface area contributed by atoms with Crippen LogP contribution >= 0.6 is 0 Å². The first-order valence-electron chi connectivity index (χ1n) is 8.08. The van der Waals surface area contributed by atoms with Gasteiger partial charge in [0.15, 0.2) is 0 Å². The highest BCUT2D eigenvalue weighted by Crippen LogP contribution is 2.41. The predicted molar refractivity (Wildman–Crippen MR) is 75.2 cm³/mol. The molecule has 0 amide bonds. The van der Waals surface area contributed by atoms with Gasteiger partial charge in [-0.3, -0.25) is 0 Å². The van der Waals surface area contributed by atoms with Crippen LogP contribution in [0.1, 0.15) is 71.6 Å². The Balaban J connectivity index is 1.92. The number of hydrogen-bond donors (Lipinski definition) is 1. The molecular weight excluding hydrogens is 206 g/mol. The Morgan fingerprint density at radius 2 is 1.76 bits per heavy atom. The third-order valence-corrected chi connectivity index (χ3v) is 5.29. The number of rotatable bonds is 4. The van der Waals surface area contributed by atoms with E-state index in [9.17, 15) is 0 Å². The van der Waals surface area contributed by atoms with Crippen molar-refractivity contribution in [3.63, 3.8) is 0 Å². The third kappa shape index (κ3) is 3.47. The summed E-state index contributed by atoms with van der Waals surface area (Å²) >= 11 is 0. The second-order valence-corrected chi connectivity index (χ2v) is 6.31. The van der Waals surface area contributed by atoms with E-state index in [4.69, 9.17) is 0 Å². The van der Waals surface area contributed by atoms with Crippen molar-refractivity contribution in [2.24, 2.45) is 17.8 Å². The van der Waals surface area contributed by atoms with Crippen LogP contribution in [0.2, 0.25) is 0 Å². The Kier molecular flexibility index (Phi) is 5.34. The summed E-state index contributed by atoms with van der Waals surface area (Å²) in [5.74, 6) is 3.08. The standard InChI is InChI=1S/C16H31N/c1-3-13-8-7-9-14(12-13)15-10-5-6-11-16(15)17-4-2/h13-17H,3-12H2,1-2H3. The maximum atomic E-state index is 3.76. The van der Waals surface area contributed by atoms with Gasteiger partial charge in [0.1, 0.15) is 0 Å². The average Bonchev–Trinajstić information content (AvgIpc) is 2.40. The van der Waals surface area contributed by atoms with Gasteiger partial charge in [-0.1, -0.05) is 52.4 Å². The Bertz CT molecular complexity index is 212. The lowest BCUT2D eigenvalue weighted by molar-refractivity contribution is 0.125. The van der Waals surface area contributed by atoms with Crippen LogP contribution in [0.5, 0.6) is 0 Å². The zero-order valence-corrected chi connectivity index (χ0v) is 11.9. The summed E-state index contributed by atoms with van der Waals surface area (Å²) in [6.45, 7) is 5.81. The Labute approximate surface area is 108 Å². The molecule has 0 heterocycles. The highest BCUT2D eigenvalue weighted by molar-refractivity contribution is 4.88. The van der Waals surface area contributed by atoms with Crippen LogP contribution in [0.3, 0.4) is 0 Å². The summed E-state index contributed by atoms with van der Waals surface area (Å²) in [7, 11) is 0. The molecule has 0 radical (unpaired) electrons. The van der Waals surface area contributed by atoms with E-state index in [1.165, 1.54) is 57.8 Å². The molecule has 0 aromatic rings. The van der Waals surface area contributed by atoms with E-state index in [0.717, 1.165) is 30.3 Å². The lowest BCUT2D eigenvalue weighted by Crippen LogP contribution is -2.43. The van der Waals surface area contributed by atoms with Gasteiger partial charge >= 0.3 is 0 Å². The summed E-state index contributed by atoms with van der Waals surface area (Å²) in [5, 5.41) is 3.76. The maximum Gasteiger partial charge on any atom is 0.00978 e. The van der Waals surface area contributed by atoms with E-state index in [-0.39, 0.29) is 0 Å². The van der Waals surface area contributed by atoms with E-state index in [2.05, 4.69) is 19.2 Å². The van der Waals surface area contributed by atoms with Crippen LogP contribution in [-0.4, -0.2) is 12.6 Å². The molecular formula is C16H31N. The van der Waals surface area contributed by atoms with Gasteiger partial charge in [-0.2, -0.15) is 0 Å². The fraction of sp³-hybridized carbons (Fsp3) is 1.00. The molecule has 0 aliphatic heterocycles. The Hall–Kier alpha value is -0.0400. The summed E-state index contributed by atoms with van der Waals surface area (Å²) < 4.78 is 0. The van der Waals surface area contributed by atoms with Crippen molar-refractivity contribution in [1.82, 2.24) is 5.32 Å². The van der Waals surface area contributed by atoms with E-state index in [1.54, 1.807) is 0 Å². The molecule has 2 rings (SSSR count). The van der Waals surface area contributed by atoms with Gasteiger partial charge in [-0.15, -0.1) is 0 Å². The van der Waals surface area contributed by atoms with E-state index < -0.39 is 0 Å².